The molecule has 6 heteroatoms. The van der Waals surface area contributed by atoms with Gasteiger partial charge in [0.25, 0.3) is 0 Å². The van der Waals surface area contributed by atoms with Crippen LogP contribution in [0, 0.1) is 17.2 Å². The summed E-state index contributed by atoms with van der Waals surface area (Å²) in [6, 6.07) is 9.35. The van der Waals surface area contributed by atoms with E-state index in [-0.39, 0.29) is 5.92 Å². The number of hydrogen-bond donors (Lipinski definition) is 1. The first-order valence-corrected chi connectivity index (χ1v) is 8.66. The molecule has 1 aliphatic rings. The molecule has 114 valence electrons. The molecule has 0 spiro atoms. The molecule has 0 amide bonds. The molecule has 1 heterocycles. The van der Waals surface area contributed by atoms with Crippen LogP contribution in [-0.2, 0) is 21.2 Å². The molecule has 1 aromatic rings. The van der Waals surface area contributed by atoms with Crippen LogP contribution < -0.4 is 4.72 Å². The second-order valence-electron chi connectivity index (χ2n) is 5.22. The topological polar surface area (TPSA) is 79.2 Å². The van der Waals surface area contributed by atoms with Crippen LogP contribution in [0.2, 0.25) is 0 Å². The molecular weight excluding hydrogens is 288 g/mol. The van der Waals surface area contributed by atoms with Crippen LogP contribution >= 0.6 is 0 Å². The lowest BCUT2D eigenvalue weighted by Gasteiger charge is -2.31. The van der Waals surface area contributed by atoms with E-state index < -0.39 is 15.3 Å². The van der Waals surface area contributed by atoms with Crippen molar-refractivity contribution in [2.75, 3.05) is 19.8 Å². The van der Waals surface area contributed by atoms with E-state index in [1.807, 2.05) is 12.1 Å². The standard InChI is InChI=1S/C15H20N2O3S/c1-2-17-21(18,19)15-7-8-20-11-14(15)9-12-3-5-13(10-16)6-4-12/h3-6,14-15,17H,2,7-9,11H2,1H3/t14-,15+/m0/s1. The van der Waals surface area contributed by atoms with E-state index >= 15 is 0 Å². The molecule has 1 aromatic carbocycles. The van der Waals surface area contributed by atoms with Crippen LogP contribution in [0.4, 0.5) is 0 Å². The van der Waals surface area contributed by atoms with Crippen molar-refractivity contribution < 1.29 is 13.2 Å². The number of sulfonamides is 1. The lowest BCUT2D eigenvalue weighted by atomic mass is 9.93. The summed E-state index contributed by atoms with van der Waals surface area (Å²) in [6.45, 7) is 3.13. The van der Waals surface area contributed by atoms with Gasteiger partial charge in [-0.05, 0) is 30.5 Å². The van der Waals surface area contributed by atoms with Crippen molar-refractivity contribution in [1.82, 2.24) is 4.72 Å². The summed E-state index contributed by atoms with van der Waals surface area (Å²) in [4.78, 5) is 0. The molecule has 1 N–H and O–H groups in total. The van der Waals surface area contributed by atoms with E-state index in [1.54, 1.807) is 19.1 Å². The van der Waals surface area contributed by atoms with Crippen LogP contribution in [0.3, 0.4) is 0 Å². The molecule has 5 nitrogen and oxygen atoms in total. The summed E-state index contributed by atoms with van der Waals surface area (Å²) in [5.41, 5.74) is 1.64. The van der Waals surface area contributed by atoms with Crippen molar-refractivity contribution in [1.29, 1.82) is 5.26 Å². The van der Waals surface area contributed by atoms with Crippen molar-refractivity contribution in [3.05, 3.63) is 35.4 Å². The highest BCUT2D eigenvalue weighted by Gasteiger charge is 2.35. The van der Waals surface area contributed by atoms with Gasteiger partial charge < -0.3 is 4.74 Å². The maximum atomic E-state index is 12.3. The van der Waals surface area contributed by atoms with Crippen molar-refractivity contribution in [3.63, 3.8) is 0 Å². The second kappa shape index (κ2) is 7.03. The third-order valence-electron chi connectivity index (χ3n) is 3.73. The fourth-order valence-electron chi connectivity index (χ4n) is 2.70. The SMILES string of the molecule is CCNS(=O)(=O)[C@@H]1CCOC[C@@H]1Cc1ccc(C#N)cc1. The molecule has 0 radical (unpaired) electrons. The minimum absolute atomic E-state index is 0.0595. The number of benzene rings is 1. The summed E-state index contributed by atoms with van der Waals surface area (Å²) in [7, 11) is -3.30. The summed E-state index contributed by atoms with van der Waals surface area (Å²) in [5.74, 6) is -0.0595. The normalized spacial score (nSPS) is 22.7. The molecule has 2 rings (SSSR count). The Morgan fingerprint density at radius 3 is 2.71 bits per heavy atom. The van der Waals surface area contributed by atoms with Crippen LogP contribution in [-0.4, -0.2) is 33.4 Å². The van der Waals surface area contributed by atoms with Gasteiger partial charge in [-0.3, -0.25) is 0 Å². The first-order chi connectivity index (χ1) is 10.1. The van der Waals surface area contributed by atoms with Gasteiger partial charge in [0, 0.05) is 19.1 Å². The average molecular weight is 308 g/mol. The number of ether oxygens (including phenoxy) is 1. The van der Waals surface area contributed by atoms with Gasteiger partial charge in [0.1, 0.15) is 0 Å². The molecule has 0 unspecified atom stereocenters. The Morgan fingerprint density at radius 1 is 1.38 bits per heavy atom. The Kier molecular flexibility index (Phi) is 5.34. The number of nitriles is 1. The minimum atomic E-state index is -3.30. The van der Waals surface area contributed by atoms with E-state index in [2.05, 4.69) is 10.8 Å². The fraction of sp³-hybridized carbons (Fsp3) is 0.533. The number of nitrogens with one attached hydrogen (secondary N) is 1. The predicted octanol–water partition coefficient (Wildman–Crippen LogP) is 1.45. The summed E-state index contributed by atoms with van der Waals surface area (Å²) < 4.78 is 32.6. The highest BCUT2D eigenvalue weighted by Crippen LogP contribution is 2.25. The van der Waals surface area contributed by atoms with Gasteiger partial charge in [-0.2, -0.15) is 5.26 Å². The molecule has 0 aliphatic carbocycles. The smallest absolute Gasteiger partial charge is 0.214 e. The van der Waals surface area contributed by atoms with Gasteiger partial charge in [-0.15, -0.1) is 0 Å². The quantitative estimate of drug-likeness (QED) is 0.893. The molecule has 1 fully saturated rings. The zero-order valence-corrected chi connectivity index (χ0v) is 12.9. The largest absolute Gasteiger partial charge is 0.381 e. The summed E-state index contributed by atoms with van der Waals surface area (Å²) >= 11 is 0. The Balaban J connectivity index is 2.13. The van der Waals surface area contributed by atoms with E-state index in [0.29, 0.717) is 38.2 Å². The van der Waals surface area contributed by atoms with E-state index in [4.69, 9.17) is 10.00 Å². The molecule has 2 atom stereocenters. The van der Waals surface area contributed by atoms with Gasteiger partial charge in [-0.1, -0.05) is 19.1 Å². The Hall–Kier alpha value is -1.42. The number of rotatable bonds is 5. The lowest BCUT2D eigenvalue weighted by molar-refractivity contribution is 0.0570. The zero-order chi connectivity index (χ0) is 15.3. The average Bonchev–Trinajstić information content (AvgIpc) is 2.48. The maximum Gasteiger partial charge on any atom is 0.214 e. The van der Waals surface area contributed by atoms with Crippen molar-refractivity contribution in [3.8, 4) is 6.07 Å². The molecular formula is C15H20N2O3S. The maximum absolute atomic E-state index is 12.3. The van der Waals surface area contributed by atoms with E-state index in [9.17, 15) is 8.42 Å². The van der Waals surface area contributed by atoms with Crippen molar-refractivity contribution in [2.45, 2.75) is 25.0 Å². The van der Waals surface area contributed by atoms with Gasteiger partial charge in [0.05, 0.1) is 23.5 Å². The lowest BCUT2D eigenvalue weighted by Crippen LogP contribution is -2.44. The molecule has 1 aliphatic heterocycles. The minimum Gasteiger partial charge on any atom is -0.381 e. The fourth-order valence-corrected chi connectivity index (χ4v) is 4.41. The Labute approximate surface area is 126 Å². The first kappa shape index (κ1) is 16.0. The van der Waals surface area contributed by atoms with Crippen LogP contribution in [0.15, 0.2) is 24.3 Å². The van der Waals surface area contributed by atoms with Gasteiger partial charge in [-0.25, -0.2) is 13.1 Å². The second-order valence-corrected chi connectivity index (χ2v) is 7.20. The highest BCUT2D eigenvalue weighted by atomic mass is 32.2. The van der Waals surface area contributed by atoms with Gasteiger partial charge in [0.2, 0.25) is 10.0 Å². The number of hydrogen-bond acceptors (Lipinski definition) is 4. The van der Waals surface area contributed by atoms with Gasteiger partial charge in [0.15, 0.2) is 0 Å². The van der Waals surface area contributed by atoms with E-state index in [0.717, 1.165) is 5.56 Å². The Morgan fingerprint density at radius 2 is 2.10 bits per heavy atom. The molecule has 0 bridgehead atoms. The summed E-state index contributed by atoms with van der Waals surface area (Å²) in [6.07, 6.45) is 1.16. The van der Waals surface area contributed by atoms with Gasteiger partial charge >= 0.3 is 0 Å². The zero-order valence-electron chi connectivity index (χ0n) is 12.1. The highest BCUT2D eigenvalue weighted by molar-refractivity contribution is 7.90. The van der Waals surface area contributed by atoms with Crippen molar-refractivity contribution in [2.24, 2.45) is 5.92 Å². The first-order valence-electron chi connectivity index (χ1n) is 7.12. The van der Waals surface area contributed by atoms with Crippen LogP contribution in [0.5, 0.6) is 0 Å². The predicted molar refractivity (Wildman–Crippen MR) is 80.2 cm³/mol. The molecule has 0 aromatic heterocycles. The number of nitrogens with zero attached hydrogens (tertiary/aromatic N) is 1. The third-order valence-corrected chi connectivity index (χ3v) is 5.84. The van der Waals surface area contributed by atoms with E-state index in [1.165, 1.54) is 0 Å². The summed E-state index contributed by atoms with van der Waals surface area (Å²) in [5, 5.41) is 8.39. The molecule has 21 heavy (non-hydrogen) atoms. The monoisotopic (exact) mass is 308 g/mol. The Bertz CT molecular complexity index is 605. The van der Waals surface area contributed by atoms with Crippen LogP contribution in [0.25, 0.3) is 0 Å². The molecule has 1 saturated heterocycles. The van der Waals surface area contributed by atoms with Crippen LogP contribution in [0.1, 0.15) is 24.5 Å². The molecule has 0 saturated carbocycles. The third kappa shape index (κ3) is 4.03. The van der Waals surface area contributed by atoms with Crippen molar-refractivity contribution >= 4 is 10.0 Å².